The lowest BCUT2D eigenvalue weighted by Gasteiger charge is -2.20. The van der Waals surface area contributed by atoms with Crippen LogP contribution in [0.15, 0.2) is 58.5 Å². The lowest BCUT2D eigenvalue weighted by Crippen LogP contribution is -2.33. The Hall–Kier alpha value is -2.77. The molecule has 1 unspecified atom stereocenters. The molecule has 0 saturated carbocycles. The molecule has 7 heteroatoms. The van der Waals surface area contributed by atoms with E-state index in [9.17, 15) is 4.79 Å². The van der Waals surface area contributed by atoms with Gasteiger partial charge >= 0.3 is 0 Å². The summed E-state index contributed by atoms with van der Waals surface area (Å²) in [4.78, 5) is 15.7. The molecular formula is C30H40N4OS2. The molecule has 1 aromatic heterocycles. The number of nitrogens with two attached hydrogens (primary N) is 2. The summed E-state index contributed by atoms with van der Waals surface area (Å²) in [7, 11) is 0. The average molecular weight is 537 g/mol. The third-order valence-electron chi connectivity index (χ3n) is 6.41. The van der Waals surface area contributed by atoms with Crippen molar-refractivity contribution in [2.75, 3.05) is 6.54 Å². The van der Waals surface area contributed by atoms with E-state index in [0.29, 0.717) is 4.88 Å². The summed E-state index contributed by atoms with van der Waals surface area (Å²) in [5.41, 5.74) is 12.2. The van der Waals surface area contributed by atoms with Crippen molar-refractivity contribution >= 4 is 34.8 Å². The minimum atomic E-state index is -0.157. The molecule has 2 aromatic carbocycles. The predicted molar refractivity (Wildman–Crippen MR) is 161 cm³/mol. The van der Waals surface area contributed by atoms with Gasteiger partial charge < -0.3 is 16.9 Å². The highest BCUT2D eigenvalue weighted by molar-refractivity contribution is 7.99. The topological polar surface area (TPSA) is 93.5 Å². The number of unbranched alkanes of at least 4 members (excludes halogenated alkanes) is 1. The molecule has 0 radical (unpaired) electrons. The molecule has 1 heterocycles. The molecule has 5 N–H and O–H groups in total. The van der Waals surface area contributed by atoms with E-state index in [0.717, 1.165) is 19.3 Å². The van der Waals surface area contributed by atoms with E-state index in [1.165, 1.54) is 37.6 Å². The van der Waals surface area contributed by atoms with Crippen LogP contribution in [0, 0.1) is 13.8 Å². The van der Waals surface area contributed by atoms with Crippen molar-refractivity contribution in [3.8, 4) is 11.1 Å². The van der Waals surface area contributed by atoms with Gasteiger partial charge in [0.25, 0.3) is 5.91 Å². The number of amidine groups is 1. The zero-order valence-electron chi connectivity index (χ0n) is 22.9. The van der Waals surface area contributed by atoms with Crippen LogP contribution in [0.1, 0.15) is 83.4 Å². The average Bonchev–Trinajstić information content (AvgIpc) is 3.34. The predicted octanol–water partition coefficient (Wildman–Crippen LogP) is 7.31. The van der Waals surface area contributed by atoms with E-state index >= 15 is 0 Å². The van der Waals surface area contributed by atoms with E-state index in [1.54, 1.807) is 11.3 Å². The summed E-state index contributed by atoms with van der Waals surface area (Å²) in [6.07, 6.45) is 3.33. The Balaban J connectivity index is 1.82. The first-order valence-corrected chi connectivity index (χ1v) is 14.5. The lowest BCUT2D eigenvalue weighted by atomic mass is 9.85. The van der Waals surface area contributed by atoms with Crippen molar-refractivity contribution < 1.29 is 4.79 Å². The Morgan fingerprint density at radius 3 is 2.30 bits per heavy atom. The van der Waals surface area contributed by atoms with Crippen molar-refractivity contribution in [3.05, 3.63) is 75.0 Å². The van der Waals surface area contributed by atoms with E-state index in [-0.39, 0.29) is 29.0 Å². The van der Waals surface area contributed by atoms with Gasteiger partial charge in [-0.25, -0.2) is 0 Å². The van der Waals surface area contributed by atoms with Gasteiger partial charge in [0.15, 0.2) is 0 Å². The van der Waals surface area contributed by atoms with Gasteiger partial charge in [-0.15, -0.1) is 23.1 Å². The van der Waals surface area contributed by atoms with Crippen LogP contribution in [0.2, 0.25) is 0 Å². The van der Waals surface area contributed by atoms with Gasteiger partial charge in [0.2, 0.25) is 0 Å². The second-order valence-electron chi connectivity index (χ2n) is 10.5. The van der Waals surface area contributed by atoms with Crippen molar-refractivity contribution in [2.45, 2.75) is 76.4 Å². The molecule has 3 rings (SSSR count). The standard InChI is InChI=1S/C30H40N4OS2/c1-7-8-9-24(25-14-15-26(37-25)29(35)33-18-27(31)34-32)36-23-16-19(2)28(20(3)17-23)21-10-12-22(13-11-21)30(4,5)6/h10-17,24H,7-9,18,32H2,1-6H3,(H2,31,34)(H,33,35). The van der Waals surface area contributed by atoms with Crippen LogP contribution in [0.3, 0.4) is 0 Å². The highest BCUT2D eigenvalue weighted by Crippen LogP contribution is 2.43. The fraction of sp³-hybridized carbons (Fsp3) is 0.400. The molecule has 0 spiro atoms. The molecule has 0 aliphatic rings. The summed E-state index contributed by atoms with van der Waals surface area (Å²) in [5.74, 6) is 5.20. The smallest absolute Gasteiger partial charge is 0.261 e. The molecule has 5 nitrogen and oxygen atoms in total. The number of thiophene rings is 1. The molecule has 1 amide bonds. The number of rotatable bonds is 10. The first-order chi connectivity index (χ1) is 17.5. The number of amides is 1. The van der Waals surface area contributed by atoms with E-state index in [1.807, 2.05) is 17.8 Å². The first-order valence-electron chi connectivity index (χ1n) is 12.8. The van der Waals surface area contributed by atoms with Crippen LogP contribution in [0.5, 0.6) is 0 Å². The number of carbonyl (C=O) groups excluding carboxylic acids is 1. The zero-order chi connectivity index (χ0) is 27.2. The van der Waals surface area contributed by atoms with Crippen molar-refractivity contribution in [3.63, 3.8) is 0 Å². The summed E-state index contributed by atoms with van der Waals surface area (Å²) in [5, 5.41) is 6.46. The maximum atomic E-state index is 12.6. The van der Waals surface area contributed by atoms with Gasteiger partial charge in [-0.05, 0) is 77.8 Å². The number of hydrogen-bond donors (Lipinski definition) is 3. The molecule has 198 valence electrons. The fourth-order valence-corrected chi connectivity index (χ4v) is 6.87. The molecule has 0 saturated heterocycles. The van der Waals surface area contributed by atoms with Crippen LogP contribution < -0.4 is 16.9 Å². The number of nitrogens with zero attached hydrogens (tertiary/aromatic N) is 1. The number of aryl methyl sites for hydroxylation is 2. The highest BCUT2D eigenvalue weighted by atomic mass is 32.2. The quantitative estimate of drug-likeness (QED) is 0.0832. The monoisotopic (exact) mass is 536 g/mol. The molecule has 37 heavy (non-hydrogen) atoms. The van der Waals surface area contributed by atoms with Crippen molar-refractivity contribution in [1.29, 1.82) is 0 Å². The number of nitrogens with one attached hydrogen (secondary N) is 1. The minimum absolute atomic E-state index is 0.139. The van der Waals surface area contributed by atoms with Gasteiger partial charge in [0, 0.05) is 15.0 Å². The number of benzene rings is 2. The molecule has 3 aromatic rings. The minimum Gasteiger partial charge on any atom is -0.384 e. The summed E-state index contributed by atoms with van der Waals surface area (Å²) in [6, 6.07) is 17.6. The van der Waals surface area contributed by atoms with Crippen LogP contribution in [-0.2, 0) is 5.41 Å². The molecular weight excluding hydrogens is 496 g/mol. The van der Waals surface area contributed by atoms with E-state index in [2.05, 4.69) is 94.4 Å². The van der Waals surface area contributed by atoms with Crippen LogP contribution in [0.4, 0.5) is 0 Å². The van der Waals surface area contributed by atoms with Crippen LogP contribution >= 0.6 is 23.1 Å². The summed E-state index contributed by atoms with van der Waals surface area (Å²) < 4.78 is 0. The third-order valence-corrected chi connectivity index (χ3v) is 9.04. The Morgan fingerprint density at radius 2 is 1.73 bits per heavy atom. The summed E-state index contributed by atoms with van der Waals surface area (Å²) in [6.45, 7) is 13.5. The number of thioether (sulfide) groups is 1. The van der Waals surface area contributed by atoms with Crippen LogP contribution in [-0.4, -0.2) is 18.3 Å². The molecule has 0 aliphatic heterocycles. The van der Waals surface area contributed by atoms with Gasteiger partial charge in [-0.1, -0.05) is 64.8 Å². The van der Waals surface area contributed by atoms with E-state index < -0.39 is 0 Å². The van der Waals surface area contributed by atoms with Gasteiger partial charge in [-0.3, -0.25) is 4.79 Å². The van der Waals surface area contributed by atoms with Gasteiger partial charge in [-0.2, -0.15) is 5.10 Å². The Bertz CT molecular complexity index is 1220. The Kier molecular flexibility index (Phi) is 9.85. The molecule has 0 fully saturated rings. The zero-order valence-corrected chi connectivity index (χ0v) is 24.5. The summed E-state index contributed by atoms with van der Waals surface area (Å²) >= 11 is 3.43. The van der Waals surface area contributed by atoms with Crippen LogP contribution in [0.25, 0.3) is 11.1 Å². The normalized spacial score (nSPS) is 13.0. The SMILES string of the molecule is CCCCC(Sc1cc(C)c(-c2ccc(C(C)(C)C)cc2)c(C)c1)c1ccc(C(=O)NC/C(N)=N/N)s1. The van der Waals surface area contributed by atoms with Gasteiger partial charge in [0.05, 0.1) is 11.4 Å². The van der Waals surface area contributed by atoms with Crippen molar-refractivity contribution in [2.24, 2.45) is 16.7 Å². The second-order valence-corrected chi connectivity index (χ2v) is 12.9. The molecule has 1 atom stereocenters. The molecule has 0 aliphatic carbocycles. The highest BCUT2D eigenvalue weighted by Gasteiger charge is 2.20. The fourth-order valence-electron chi connectivity index (χ4n) is 4.35. The maximum Gasteiger partial charge on any atom is 0.261 e. The Morgan fingerprint density at radius 1 is 1.08 bits per heavy atom. The number of hydrazone groups is 1. The molecule has 0 bridgehead atoms. The number of carbonyl (C=O) groups is 1. The maximum absolute atomic E-state index is 12.6. The third kappa shape index (κ3) is 7.62. The van der Waals surface area contributed by atoms with Crippen molar-refractivity contribution in [1.82, 2.24) is 5.32 Å². The lowest BCUT2D eigenvalue weighted by molar-refractivity contribution is 0.0963. The van der Waals surface area contributed by atoms with E-state index in [4.69, 9.17) is 11.6 Å². The van der Waals surface area contributed by atoms with Gasteiger partial charge in [0.1, 0.15) is 5.84 Å². The first kappa shape index (κ1) is 28.8. The second kappa shape index (κ2) is 12.7. The Labute approximate surface area is 230 Å². The number of hydrogen-bond acceptors (Lipinski definition) is 5. The largest absolute Gasteiger partial charge is 0.384 e.